The van der Waals surface area contributed by atoms with Gasteiger partial charge in [0.05, 0.1) is 13.2 Å². The first-order valence-corrected chi connectivity index (χ1v) is 11.9. The molecule has 0 spiro atoms. The van der Waals surface area contributed by atoms with Crippen molar-refractivity contribution in [3.05, 3.63) is 70.8 Å². The number of hydrogen-bond donors (Lipinski definition) is 2. The average Bonchev–Trinajstić information content (AvgIpc) is 2.83. The van der Waals surface area contributed by atoms with Crippen LogP contribution in [0.1, 0.15) is 40.9 Å². The average molecular weight is 453 g/mol. The first kappa shape index (κ1) is 23.9. The Balaban J connectivity index is 1.36. The molecule has 7 nitrogen and oxygen atoms in total. The summed E-state index contributed by atoms with van der Waals surface area (Å²) in [5, 5.41) is 8.79. The van der Waals surface area contributed by atoms with Crippen molar-refractivity contribution >= 4 is 5.91 Å². The number of benzene rings is 2. The Bertz CT molecular complexity index is 902. The number of carbonyl (C=O) groups is 1. The molecule has 0 aliphatic carbocycles. The quantitative estimate of drug-likeness (QED) is 0.497. The van der Waals surface area contributed by atoms with Gasteiger partial charge >= 0.3 is 0 Å². The molecule has 2 saturated heterocycles. The van der Waals surface area contributed by atoms with Gasteiger partial charge in [-0.15, -0.1) is 0 Å². The number of hydrogen-bond acceptors (Lipinski definition) is 6. The molecule has 0 unspecified atom stereocenters. The van der Waals surface area contributed by atoms with Crippen LogP contribution in [-0.2, 0) is 24.4 Å². The fourth-order valence-corrected chi connectivity index (χ4v) is 5.05. The Morgan fingerprint density at radius 1 is 0.909 bits per heavy atom. The Labute approximate surface area is 196 Å². The predicted octanol–water partition coefficient (Wildman–Crippen LogP) is 2.73. The summed E-state index contributed by atoms with van der Waals surface area (Å²) < 4.78 is 5.51. The Morgan fingerprint density at radius 3 is 2.12 bits per heavy atom. The third-order valence-corrected chi connectivity index (χ3v) is 6.87. The molecule has 0 saturated carbocycles. The zero-order chi connectivity index (χ0) is 23.2. The fourth-order valence-electron chi connectivity index (χ4n) is 5.05. The Hall–Kier alpha value is -2.29. The van der Waals surface area contributed by atoms with Crippen LogP contribution < -0.4 is 5.48 Å². The number of rotatable bonds is 7. The van der Waals surface area contributed by atoms with Gasteiger partial charge in [-0.2, -0.15) is 0 Å². The van der Waals surface area contributed by atoms with E-state index in [1.54, 1.807) is 17.6 Å². The normalized spacial score (nSPS) is 22.9. The Morgan fingerprint density at radius 2 is 1.52 bits per heavy atom. The van der Waals surface area contributed by atoms with E-state index in [0.717, 1.165) is 59.0 Å². The first-order valence-electron chi connectivity index (χ1n) is 11.9. The smallest absolute Gasteiger partial charge is 0.274 e. The SMILES string of the molecule is C[C@@H]1CN(Cc2ccc(C(=O)NO)cc2)C[C@H](C)N1Cc1ccccc1CN1CCOCC1. The van der Waals surface area contributed by atoms with Crippen molar-refractivity contribution in [1.29, 1.82) is 0 Å². The van der Waals surface area contributed by atoms with Crippen molar-refractivity contribution in [2.75, 3.05) is 39.4 Å². The van der Waals surface area contributed by atoms with Crippen molar-refractivity contribution < 1.29 is 14.7 Å². The number of nitrogens with one attached hydrogen (secondary N) is 1. The number of piperazine rings is 1. The van der Waals surface area contributed by atoms with Gasteiger partial charge in [-0.1, -0.05) is 36.4 Å². The topological polar surface area (TPSA) is 68.3 Å². The molecule has 2 aromatic rings. The second-order valence-corrected chi connectivity index (χ2v) is 9.36. The largest absolute Gasteiger partial charge is 0.379 e. The minimum Gasteiger partial charge on any atom is -0.379 e. The lowest BCUT2D eigenvalue weighted by Gasteiger charge is -2.45. The standard InChI is InChI=1S/C26H36N4O3/c1-20-15-29(17-22-7-9-23(10-8-22)26(31)27-32)16-21(2)30(20)19-25-6-4-3-5-24(25)18-28-11-13-33-14-12-28/h3-10,20-21,32H,11-19H2,1-2H3,(H,27,31)/t20-,21+. The van der Waals surface area contributed by atoms with Crippen LogP contribution in [0.2, 0.25) is 0 Å². The van der Waals surface area contributed by atoms with Gasteiger partial charge in [-0.3, -0.25) is 24.7 Å². The van der Waals surface area contributed by atoms with E-state index >= 15 is 0 Å². The van der Waals surface area contributed by atoms with Gasteiger partial charge in [0.1, 0.15) is 0 Å². The lowest BCUT2D eigenvalue weighted by molar-refractivity contribution is 0.0268. The molecule has 2 aliphatic rings. The highest BCUT2D eigenvalue weighted by Crippen LogP contribution is 2.23. The molecule has 178 valence electrons. The van der Waals surface area contributed by atoms with Crippen LogP contribution in [0.4, 0.5) is 0 Å². The number of nitrogens with zero attached hydrogens (tertiary/aromatic N) is 3. The number of carbonyl (C=O) groups excluding carboxylic acids is 1. The molecule has 4 rings (SSSR count). The van der Waals surface area contributed by atoms with Crippen LogP contribution >= 0.6 is 0 Å². The lowest BCUT2D eigenvalue weighted by Crippen LogP contribution is -2.55. The highest BCUT2D eigenvalue weighted by Gasteiger charge is 2.30. The van der Waals surface area contributed by atoms with Crippen molar-refractivity contribution in [3.63, 3.8) is 0 Å². The van der Waals surface area contributed by atoms with Crippen LogP contribution in [0.25, 0.3) is 0 Å². The van der Waals surface area contributed by atoms with Crippen LogP contribution in [0, 0.1) is 0 Å². The second-order valence-electron chi connectivity index (χ2n) is 9.36. The van der Waals surface area contributed by atoms with Gasteiger partial charge < -0.3 is 4.74 Å². The number of amides is 1. The van der Waals surface area contributed by atoms with Crippen LogP contribution in [0.3, 0.4) is 0 Å². The molecule has 0 aromatic heterocycles. The summed E-state index contributed by atoms with van der Waals surface area (Å²) in [5.41, 5.74) is 6.17. The number of hydroxylamine groups is 1. The highest BCUT2D eigenvalue weighted by atomic mass is 16.5. The minimum absolute atomic E-state index is 0.449. The van der Waals surface area contributed by atoms with E-state index in [9.17, 15) is 4.79 Å². The van der Waals surface area contributed by atoms with E-state index in [-0.39, 0.29) is 0 Å². The lowest BCUT2D eigenvalue weighted by atomic mass is 10.0. The van der Waals surface area contributed by atoms with E-state index in [2.05, 4.69) is 52.8 Å². The van der Waals surface area contributed by atoms with E-state index in [4.69, 9.17) is 9.94 Å². The molecule has 0 bridgehead atoms. The molecular formula is C26H36N4O3. The molecule has 1 amide bonds. The van der Waals surface area contributed by atoms with Crippen LogP contribution in [0.15, 0.2) is 48.5 Å². The summed E-state index contributed by atoms with van der Waals surface area (Å²) in [5.74, 6) is -0.480. The van der Waals surface area contributed by atoms with E-state index in [1.165, 1.54) is 16.7 Å². The number of ether oxygens (including phenoxy) is 1. The van der Waals surface area contributed by atoms with Crippen molar-refractivity contribution in [2.45, 2.75) is 45.6 Å². The van der Waals surface area contributed by atoms with Crippen molar-refractivity contribution in [3.8, 4) is 0 Å². The third-order valence-electron chi connectivity index (χ3n) is 6.87. The zero-order valence-electron chi connectivity index (χ0n) is 19.7. The predicted molar refractivity (Wildman–Crippen MR) is 128 cm³/mol. The molecule has 2 fully saturated rings. The summed E-state index contributed by atoms with van der Waals surface area (Å²) in [6.45, 7) is 13.2. The van der Waals surface area contributed by atoms with Crippen molar-refractivity contribution in [1.82, 2.24) is 20.2 Å². The summed E-state index contributed by atoms with van der Waals surface area (Å²) in [4.78, 5) is 19.1. The molecular weight excluding hydrogens is 416 g/mol. The van der Waals surface area contributed by atoms with Gasteiger partial charge in [-0.25, -0.2) is 5.48 Å². The molecule has 2 heterocycles. The van der Waals surface area contributed by atoms with Crippen LogP contribution in [0.5, 0.6) is 0 Å². The molecule has 0 radical (unpaired) electrons. The van der Waals surface area contributed by atoms with E-state index < -0.39 is 5.91 Å². The molecule has 2 aromatic carbocycles. The molecule has 2 N–H and O–H groups in total. The first-order chi connectivity index (χ1) is 16.0. The molecule has 2 aliphatic heterocycles. The van der Waals surface area contributed by atoms with E-state index in [0.29, 0.717) is 17.6 Å². The zero-order valence-corrected chi connectivity index (χ0v) is 19.7. The fraction of sp³-hybridized carbons (Fsp3) is 0.500. The maximum Gasteiger partial charge on any atom is 0.274 e. The van der Waals surface area contributed by atoms with Gasteiger partial charge in [0, 0.05) is 63.5 Å². The summed E-state index contributed by atoms with van der Waals surface area (Å²) >= 11 is 0. The maximum atomic E-state index is 11.5. The van der Waals surface area contributed by atoms with Crippen molar-refractivity contribution in [2.24, 2.45) is 0 Å². The molecule has 7 heteroatoms. The van der Waals surface area contributed by atoms with Gasteiger partial charge in [0.2, 0.25) is 0 Å². The summed E-state index contributed by atoms with van der Waals surface area (Å²) in [7, 11) is 0. The minimum atomic E-state index is -0.480. The van der Waals surface area contributed by atoms with Crippen LogP contribution in [-0.4, -0.2) is 77.3 Å². The monoisotopic (exact) mass is 452 g/mol. The second kappa shape index (κ2) is 11.2. The van der Waals surface area contributed by atoms with Gasteiger partial charge in [-0.05, 0) is 42.7 Å². The summed E-state index contributed by atoms with van der Waals surface area (Å²) in [6, 6.07) is 17.2. The third kappa shape index (κ3) is 6.19. The maximum absolute atomic E-state index is 11.5. The highest BCUT2D eigenvalue weighted by molar-refractivity contribution is 5.93. The number of morpholine rings is 1. The summed E-state index contributed by atoms with van der Waals surface area (Å²) in [6.07, 6.45) is 0. The molecule has 33 heavy (non-hydrogen) atoms. The van der Waals surface area contributed by atoms with Gasteiger partial charge in [0.25, 0.3) is 5.91 Å². The van der Waals surface area contributed by atoms with E-state index in [1.807, 2.05) is 12.1 Å². The molecule has 2 atom stereocenters. The Kier molecular flexibility index (Phi) is 8.11. The van der Waals surface area contributed by atoms with Gasteiger partial charge in [0.15, 0.2) is 0 Å².